The smallest absolute Gasteiger partial charge is 0.255 e. The minimum absolute atomic E-state index is 0.0945. The molecular formula is C17H16N4O5S. The number of aromatic amines is 1. The summed E-state index contributed by atoms with van der Waals surface area (Å²) in [6.45, 7) is 1.85. The van der Waals surface area contributed by atoms with Crippen molar-refractivity contribution in [3.63, 3.8) is 0 Å². The molecule has 0 bridgehead atoms. The van der Waals surface area contributed by atoms with E-state index in [4.69, 9.17) is 19.1 Å². The standard InChI is InChI=1S/C17H16N4O5S/c1-9-11(4-5-22)16(23)20-17(18-9)27-7-14-19-15(21-26-14)10-2-3-12-13(6-10)25-8-24-12/h2-3,6,22H,4-5,7-8H2,1H3,(H,18,20,23). The first kappa shape index (κ1) is 17.6. The van der Waals surface area contributed by atoms with Gasteiger partial charge >= 0.3 is 0 Å². The zero-order valence-electron chi connectivity index (χ0n) is 14.4. The van der Waals surface area contributed by atoms with Crippen molar-refractivity contribution in [1.82, 2.24) is 20.1 Å². The first-order valence-corrected chi connectivity index (χ1v) is 9.18. The van der Waals surface area contributed by atoms with Crippen LogP contribution in [0, 0.1) is 6.92 Å². The number of H-pyrrole nitrogens is 1. The number of fused-ring (bicyclic) bond motifs is 1. The Kier molecular flexibility index (Phi) is 4.82. The van der Waals surface area contributed by atoms with E-state index in [9.17, 15) is 4.79 Å². The number of hydrogen-bond acceptors (Lipinski definition) is 9. The monoisotopic (exact) mass is 388 g/mol. The maximum absolute atomic E-state index is 12.1. The molecule has 3 aromatic rings. The number of aliphatic hydroxyl groups is 1. The van der Waals surface area contributed by atoms with Crippen LogP contribution in [0.15, 0.2) is 32.7 Å². The number of rotatable bonds is 6. The molecule has 0 saturated carbocycles. The Morgan fingerprint density at radius 3 is 2.93 bits per heavy atom. The van der Waals surface area contributed by atoms with Crippen LogP contribution in [0.25, 0.3) is 11.4 Å². The van der Waals surface area contributed by atoms with Gasteiger partial charge in [-0.3, -0.25) is 4.79 Å². The molecule has 0 aliphatic carbocycles. The van der Waals surface area contributed by atoms with Gasteiger partial charge in [-0.15, -0.1) is 0 Å². The van der Waals surface area contributed by atoms with E-state index in [2.05, 4.69) is 20.1 Å². The topological polar surface area (TPSA) is 123 Å². The second kappa shape index (κ2) is 7.41. The number of benzene rings is 1. The lowest BCUT2D eigenvalue weighted by Crippen LogP contribution is -2.18. The predicted octanol–water partition coefficient (Wildman–Crippen LogP) is 1.68. The molecule has 0 radical (unpaired) electrons. The molecule has 0 spiro atoms. The maximum atomic E-state index is 12.1. The summed E-state index contributed by atoms with van der Waals surface area (Å²) in [6, 6.07) is 5.43. The summed E-state index contributed by atoms with van der Waals surface area (Å²) in [7, 11) is 0. The molecule has 10 heteroatoms. The number of nitrogens with one attached hydrogen (secondary N) is 1. The van der Waals surface area contributed by atoms with Crippen LogP contribution in [0.1, 0.15) is 17.1 Å². The van der Waals surface area contributed by atoms with Gasteiger partial charge in [-0.05, 0) is 25.1 Å². The average Bonchev–Trinajstić information content (AvgIpc) is 3.31. The summed E-state index contributed by atoms with van der Waals surface area (Å²) in [5.41, 5.74) is 1.60. The van der Waals surface area contributed by atoms with Crippen LogP contribution in [0.4, 0.5) is 0 Å². The maximum Gasteiger partial charge on any atom is 0.255 e. The van der Waals surface area contributed by atoms with E-state index in [1.54, 1.807) is 19.1 Å². The molecule has 0 amide bonds. The van der Waals surface area contributed by atoms with Gasteiger partial charge in [-0.1, -0.05) is 16.9 Å². The van der Waals surface area contributed by atoms with Crippen LogP contribution >= 0.6 is 11.8 Å². The lowest BCUT2D eigenvalue weighted by atomic mass is 10.2. The van der Waals surface area contributed by atoms with Crippen LogP contribution in [-0.4, -0.2) is 38.6 Å². The van der Waals surface area contributed by atoms with Crippen LogP contribution in [0.2, 0.25) is 0 Å². The highest BCUT2D eigenvalue weighted by Gasteiger charge is 2.17. The Labute approximate surface area is 157 Å². The minimum atomic E-state index is -0.245. The second-order valence-corrected chi connectivity index (χ2v) is 6.74. The minimum Gasteiger partial charge on any atom is -0.454 e. The number of thioether (sulfide) groups is 1. The lowest BCUT2D eigenvalue weighted by molar-refractivity contribution is 0.174. The number of ether oxygens (including phenoxy) is 2. The van der Waals surface area contributed by atoms with E-state index < -0.39 is 0 Å². The van der Waals surface area contributed by atoms with Gasteiger partial charge in [0.1, 0.15) is 0 Å². The summed E-state index contributed by atoms with van der Waals surface area (Å²) in [4.78, 5) is 23.5. The lowest BCUT2D eigenvalue weighted by Gasteiger charge is -2.04. The van der Waals surface area contributed by atoms with Crippen molar-refractivity contribution < 1.29 is 19.1 Å². The van der Waals surface area contributed by atoms with Crippen molar-refractivity contribution in [2.45, 2.75) is 24.3 Å². The highest BCUT2D eigenvalue weighted by Crippen LogP contribution is 2.35. The molecule has 27 heavy (non-hydrogen) atoms. The summed E-state index contributed by atoms with van der Waals surface area (Å²) >= 11 is 1.29. The molecule has 1 aromatic carbocycles. The van der Waals surface area contributed by atoms with Crippen molar-refractivity contribution in [3.05, 3.63) is 45.7 Å². The van der Waals surface area contributed by atoms with E-state index in [1.165, 1.54) is 11.8 Å². The molecule has 3 heterocycles. The van der Waals surface area contributed by atoms with E-state index in [1.807, 2.05) is 6.07 Å². The van der Waals surface area contributed by atoms with Gasteiger partial charge in [0.25, 0.3) is 5.56 Å². The fourth-order valence-electron chi connectivity index (χ4n) is 2.66. The fraction of sp³-hybridized carbons (Fsp3) is 0.294. The van der Waals surface area contributed by atoms with Crippen molar-refractivity contribution in [3.8, 4) is 22.9 Å². The van der Waals surface area contributed by atoms with Crippen LogP contribution in [-0.2, 0) is 12.2 Å². The molecule has 0 unspecified atom stereocenters. The first-order chi connectivity index (χ1) is 13.1. The Morgan fingerprint density at radius 1 is 1.26 bits per heavy atom. The highest BCUT2D eigenvalue weighted by molar-refractivity contribution is 7.98. The number of hydrogen-bond donors (Lipinski definition) is 2. The summed E-state index contributed by atoms with van der Waals surface area (Å²) < 4.78 is 15.9. The van der Waals surface area contributed by atoms with E-state index >= 15 is 0 Å². The molecule has 0 saturated heterocycles. The average molecular weight is 388 g/mol. The van der Waals surface area contributed by atoms with Crippen molar-refractivity contribution in [2.24, 2.45) is 0 Å². The third-order valence-corrected chi connectivity index (χ3v) is 4.85. The molecular weight excluding hydrogens is 372 g/mol. The highest BCUT2D eigenvalue weighted by atomic mass is 32.2. The van der Waals surface area contributed by atoms with Gasteiger partial charge in [0.15, 0.2) is 16.7 Å². The second-order valence-electron chi connectivity index (χ2n) is 5.78. The fourth-order valence-corrected chi connectivity index (χ4v) is 3.40. The molecule has 2 N–H and O–H groups in total. The van der Waals surface area contributed by atoms with Crippen LogP contribution in [0.3, 0.4) is 0 Å². The van der Waals surface area contributed by atoms with E-state index in [-0.39, 0.29) is 25.4 Å². The SMILES string of the molecule is Cc1nc(SCc2nc(-c3ccc4c(c3)OCO4)no2)[nH]c(=O)c1CCO. The van der Waals surface area contributed by atoms with Gasteiger partial charge in [-0.2, -0.15) is 4.98 Å². The van der Waals surface area contributed by atoms with Crippen molar-refractivity contribution in [2.75, 3.05) is 13.4 Å². The zero-order valence-corrected chi connectivity index (χ0v) is 15.2. The third-order valence-electron chi connectivity index (χ3n) is 3.99. The van der Waals surface area contributed by atoms with Gasteiger partial charge in [0.2, 0.25) is 18.5 Å². The molecule has 9 nitrogen and oxygen atoms in total. The Morgan fingerprint density at radius 2 is 2.11 bits per heavy atom. The van der Waals surface area contributed by atoms with Gasteiger partial charge in [0, 0.05) is 29.8 Å². The van der Waals surface area contributed by atoms with E-state index in [0.29, 0.717) is 45.4 Å². The van der Waals surface area contributed by atoms with Gasteiger partial charge in [0.05, 0.1) is 5.75 Å². The third kappa shape index (κ3) is 3.67. The van der Waals surface area contributed by atoms with Crippen LogP contribution in [0.5, 0.6) is 11.5 Å². The normalized spacial score (nSPS) is 12.5. The largest absolute Gasteiger partial charge is 0.454 e. The summed E-state index contributed by atoms with van der Waals surface area (Å²) in [6.07, 6.45) is 0.279. The van der Waals surface area contributed by atoms with Crippen molar-refractivity contribution >= 4 is 11.8 Å². The number of nitrogens with zero attached hydrogens (tertiary/aromatic N) is 3. The molecule has 1 aliphatic rings. The Bertz CT molecular complexity index is 1030. The van der Waals surface area contributed by atoms with Crippen LogP contribution < -0.4 is 15.0 Å². The first-order valence-electron chi connectivity index (χ1n) is 8.20. The molecule has 0 atom stereocenters. The molecule has 2 aromatic heterocycles. The molecule has 0 fully saturated rings. The molecule has 4 rings (SSSR count). The van der Waals surface area contributed by atoms with Gasteiger partial charge < -0.3 is 24.1 Å². The molecule has 140 valence electrons. The number of aryl methyl sites for hydroxylation is 1. The number of aromatic nitrogens is 4. The molecule has 1 aliphatic heterocycles. The predicted molar refractivity (Wildman–Crippen MR) is 95.8 cm³/mol. The van der Waals surface area contributed by atoms with Gasteiger partial charge in [-0.25, -0.2) is 4.98 Å². The summed E-state index contributed by atoms with van der Waals surface area (Å²) in [5.74, 6) is 2.55. The van der Waals surface area contributed by atoms with E-state index in [0.717, 1.165) is 5.56 Å². The number of aliphatic hydroxyl groups excluding tert-OH is 1. The summed E-state index contributed by atoms with van der Waals surface area (Å²) in [5, 5.41) is 13.5. The Hall–Kier alpha value is -2.85. The van der Waals surface area contributed by atoms with Crippen molar-refractivity contribution in [1.29, 1.82) is 0 Å². The quantitative estimate of drug-likeness (QED) is 0.479. The Balaban J connectivity index is 1.46. The zero-order chi connectivity index (χ0) is 18.8.